The van der Waals surface area contributed by atoms with E-state index in [-0.39, 0.29) is 35.7 Å². The number of nitrogens with one attached hydrogen (secondary N) is 1. The normalized spacial score (nSPS) is 17.6. The second-order valence-corrected chi connectivity index (χ2v) is 9.39. The minimum atomic E-state index is -3.27. The summed E-state index contributed by atoms with van der Waals surface area (Å²) in [5, 5.41) is 2.93. The highest BCUT2D eigenvalue weighted by Gasteiger charge is 2.36. The molecule has 0 saturated carbocycles. The molecule has 0 aromatic heterocycles. The van der Waals surface area contributed by atoms with Gasteiger partial charge in [0.05, 0.1) is 29.1 Å². The Balaban J connectivity index is 1.67. The summed E-state index contributed by atoms with van der Waals surface area (Å²) in [5.74, 6) is -0.175. The van der Waals surface area contributed by atoms with Crippen LogP contribution in [-0.4, -0.2) is 39.6 Å². The quantitative estimate of drug-likeness (QED) is 0.729. The maximum atomic E-state index is 12.8. The van der Waals surface area contributed by atoms with Gasteiger partial charge in [0.1, 0.15) is 5.75 Å². The molecule has 1 N–H and O–H groups in total. The largest absolute Gasteiger partial charge is 0.492 e. The van der Waals surface area contributed by atoms with Crippen molar-refractivity contribution in [3.63, 3.8) is 0 Å². The van der Waals surface area contributed by atoms with Crippen LogP contribution in [0.4, 0.5) is 5.69 Å². The highest BCUT2D eigenvalue weighted by molar-refractivity contribution is 7.90. The van der Waals surface area contributed by atoms with E-state index in [1.165, 1.54) is 12.1 Å². The van der Waals surface area contributed by atoms with Crippen molar-refractivity contribution >= 4 is 27.3 Å². The minimum Gasteiger partial charge on any atom is -0.492 e. The zero-order chi connectivity index (χ0) is 21.9. The molecule has 2 atom stereocenters. The van der Waals surface area contributed by atoms with E-state index in [1.807, 2.05) is 38.1 Å². The Labute approximate surface area is 177 Å². The van der Waals surface area contributed by atoms with E-state index in [1.54, 1.807) is 17.0 Å². The van der Waals surface area contributed by atoms with Gasteiger partial charge in [-0.25, -0.2) is 8.42 Å². The Hall–Kier alpha value is -2.87. The number of ether oxygens (including phenoxy) is 1. The van der Waals surface area contributed by atoms with E-state index in [0.717, 1.165) is 11.8 Å². The van der Waals surface area contributed by atoms with Gasteiger partial charge in [0.2, 0.25) is 11.8 Å². The van der Waals surface area contributed by atoms with Crippen LogP contribution in [0.15, 0.2) is 53.4 Å². The molecular formula is C22H26N2O5S. The molecule has 2 aromatic rings. The van der Waals surface area contributed by atoms with Gasteiger partial charge in [-0.3, -0.25) is 9.59 Å². The first-order valence-electron chi connectivity index (χ1n) is 9.83. The van der Waals surface area contributed by atoms with Crippen LogP contribution in [-0.2, 0) is 19.4 Å². The fourth-order valence-electron chi connectivity index (χ4n) is 3.49. The van der Waals surface area contributed by atoms with Gasteiger partial charge in [-0.15, -0.1) is 0 Å². The molecule has 0 spiro atoms. The predicted octanol–water partition coefficient (Wildman–Crippen LogP) is 2.72. The molecule has 0 aliphatic carbocycles. The summed E-state index contributed by atoms with van der Waals surface area (Å²) in [7, 11) is -3.27. The summed E-state index contributed by atoms with van der Waals surface area (Å²) in [6.45, 7) is 4.47. The highest BCUT2D eigenvalue weighted by Crippen LogP contribution is 2.33. The van der Waals surface area contributed by atoms with Crippen molar-refractivity contribution in [1.29, 1.82) is 0 Å². The number of amides is 2. The molecule has 1 aliphatic heterocycles. The number of hydrogen-bond acceptors (Lipinski definition) is 5. The van der Waals surface area contributed by atoms with E-state index in [2.05, 4.69) is 5.32 Å². The summed E-state index contributed by atoms with van der Waals surface area (Å²) in [4.78, 5) is 27.2. The second kappa shape index (κ2) is 8.87. The van der Waals surface area contributed by atoms with Crippen molar-refractivity contribution in [1.82, 2.24) is 5.32 Å². The molecule has 1 saturated heterocycles. The molecule has 3 rings (SSSR count). The fraction of sp³-hybridized carbons (Fsp3) is 0.364. The number of nitrogens with zero attached hydrogens (tertiary/aromatic N) is 1. The zero-order valence-electron chi connectivity index (χ0n) is 17.3. The number of sulfone groups is 1. The van der Waals surface area contributed by atoms with Crippen LogP contribution in [0.1, 0.15) is 31.9 Å². The van der Waals surface area contributed by atoms with Crippen molar-refractivity contribution < 1.29 is 22.7 Å². The number of carbonyl (C=O) groups excluding carboxylic acids is 2. The summed E-state index contributed by atoms with van der Waals surface area (Å²) in [6, 6.07) is 13.4. The third-order valence-electron chi connectivity index (χ3n) is 5.12. The van der Waals surface area contributed by atoms with Crippen LogP contribution < -0.4 is 15.0 Å². The number of anilines is 1. The summed E-state index contributed by atoms with van der Waals surface area (Å²) < 4.78 is 28.8. The molecule has 1 aliphatic rings. The lowest BCUT2D eigenvalue weighted by Crippen LogP contribution is -2.34. The topological polar surface area (TPSA) is 92.8 Å². The molecule has 2 amide bonds. The summed E-state index contributed by atoms with van der Waals surface area (Å²) >= 11 is 0. The highest BCUT2D eigenvalue weighted by atomic mass is 32.2. The maximum absolute atomic E-state index is 12.8. The number of para-hydroxylation sites is 2. The Morgan fingerprint density at radius 1 is 1.20 bits per heavy atom. The molecule has 30 heavy (non-hydrogen) atoms. The Morgan fingerprint density at radius 2 is 1.87 bits per heavy atom. The average Bonchev–Trinajstić information content (AvgIpc) is 3.10. The second-order valence-electron chi connectivity index (χ2n) is 7.38. The Bertz CT molecular complexity index is 1030. The van der Waals surface area contributed by atoms with Crippen LogP contribution in [0.3, 0.4) is 0 Å². The minimum absolute atomic E-state index is 0.118. The molecule has 7 nitrogen and oxygen atoms in total. The molecule has 1 fully saturated rings. The van der Waals surface area contributed by atoms with Crippen molar-refractivity contribution in [3.8, 4) is 5.75 Å². The van der Waals surface area contributed by atoms with Crippen LogP contribution in [0.25, 0.3) is 0 Å². The number of rotatable bonds is 7. The number of benzene rings is 2. The smallest absolute Gasteiger partial charge is 0.227 e. The van der Waals surface area contributed by atoms with Crippen molar-refractivity contribution in [3.05, 3.63) is 54.1 Å². The fourth-order valence-corrected chi connectivity index (χ4v) is 4.12. The lowest BCUT2D eigenvalue weighted by molar-refractivity contribution is -0.126. The van der Waals surface area contributed by atoms with Gasteiger partial charge < -0.3 is 15.0 Å². The van der Waals surface area contributed by atoms with Crippen LogP contribution in [0, 0.1) is 5.92 Å². The average molecular weight is 431 g/mol. The first kappa shape index (κ1) is 21.8. The molecule has 1 heterocycles. The third-order valence-corrected chi connectivity index (χ3v) is 6.25. The van der Waals surface area contributed by atoms with Gasteiger partial charge in [-0.1, -0.05) is 24.3 Å². The predicted molar refractivity (Wildman–Crippen MR) is 114 cm³/mol. The van der Waals surface area contributed by atoms with E-state index < -0.39 is 15.8 Å². The standard InChI is InChI=1S/C22H26N2O5S/c1-4-29-20-8-6-5-7-19(20)24-14-17(13-21(24)25)22(26)23-15(2)16-9-11-18(12-10-16)30(3,27)28/h5-12,15,17H,4,13-14H2,1-3H3,(H,23,26). The van der Waals surface area contributed by atoms with E-state index in [9.17, 15) is 18.0 Å². The summed E-state index contributed by atoms with van der Waals surface area (Å²) in [6.07, 6.45) is 1.28. The SMILES string of the molecule is CCOc1ccccc1N1CC(C(=O)NC(C)c2ccc(S(C)(=O)=O)cc2)CC1=O. The molecule has 8 heteroatoms. The molecule has 2 aromatic carbocycles. The van der Waals surface area contributed by atoms with Gasteiger partial charge in [-0.2, -0.15) is 0 Å². The van der Waals surface area contributed by atoms with Gasteiger partial charge in [-0.05, 0) is 43.7 Å². The van der Waals surface area contributed by atoms with Gasteiger partial charge >= 0.3 is 0 Å². The van der Waals surface area contributed by atoms with Crippen molar-refractivity contribution in [2.75, 3.05) is 24.3 Å². The van der Waals surface area contributed by atoms with E-state index >= 15 is 0 Å². The lowest BCUT2D eigenvalue weighted by atomic mass is 10.1. The lowest BCUT2D eigenvalue weighted by Gasteiger charge is -2.21. The van der Waals surface area contributed by atoms with Gasteiger partial charge in [0.15, 0.2) is 9.84 Å². The number of carbonyl (C=O) groups is 2. The Morgan fingerprint density at radius 3 is 2.50 bits per heavy atom. The Kier molecular flexibility index (Phi) is 6.45. The van der Waals surface area contributed by atoms with Crippen LogP contribution >= 0.6 is 0 Å². The van der Waals surface area contributed by atoms with Crippen LogP contribution in [0.5, 0.6) is 5.75 Å². The van der Waals surface area contributed by atoms with Crippen molar-refractivity contribution in [2.45, 2.75) is 31.2 Å². The van der Waals surface area contributed by atoms with Gasteiger partial charge in [0, 0.05) is 19.2 Å². The van der Waals surface area contributed by atoms with E-state index in [0.29, 0.717) is 18.0 Å². The first-order valence-corrected chi connectivity index (χ1v) is 11.7. The molecular weight excluding hydrogens is 404 g/mol. The summed E-state index contributed by atoms with van der Waals surface area (Å²) in [5.41, 5.74) is 1.46. The third kappa shape index (κ3) is 4.81. The number of hydrogen-bond donors (Lipinski definition) is 1. The van der Waals surface area contributed by atoms with Gasteiger partial charge in [0.25, 0.3) is 0 Å². The monoisotopic (exact) mass is 430 g/mol. The molecule has 0 radical (unpaired) electrons. The first-order chi connectivity index (χ1) is 14.2. The molecule has 2 unspecified atom stereocenters. The molecule has 0 bridgehead atoms. The van der Waals surface area contributed by atoms with Crippen LogP contribution in [0.2, 0.25) is 0 Å². The van der Waals surface area contributed by atoms with Crippen molar-refractivity contribution in [2.24, 2.45) is 5.92 Å². The zero-order valence-corrected chi connectivity index (χ0v) is 18.1. The molecule has 160 valence electrons. The van der Waals surface area contributed by atoms with E-state index in [4.69, 9.17) is 4.74 Å². The maximum Gasteiger partial charge on any atom is 0.227 e.